The van der Waals surface area contributed by atoms with Gasteiger partial charge in [0, 0.05) is 19.1 Å². The van der Waals surface area contributed by atoms with Gasteiger partial charge in [-0.2, -0.15) is 32.5 Å². The summed E-state index contributed by atoms with van der Waals surface area (Å²) in [4.78, 5) is 18.4. The third kappa shape index (κ3) is 5.07. The number of halogens is 4. The second-order valence-corrected chi connectivity index (χ2v) is 14.0. The number of ketones is 1. The summed E-state index contributed by atoms with van der Waals surface area (Å²) in [6, 6.07) is 4.53. The number of allylic oxidation sites excluding steroid dienone is 1. The molecule has 0 radical (unpaired) electrons. The Labute approximate surface area is 254 Å². The molecule has 0 aliphatic heterocycles. The molecule has 16 heteroatoms. The molecule has 1 aromatic carbocycles. The summed E-state index contributed by atoms with van der Waals surface area (Å²) in [6.45, 7) is 3.44. The number of sulfonamides is 1. The van der Waals surface area contributed by atoms with E-state index in [0.717, 1.165) is 11.0 Å². The Balaban J connectivity index is 1.45. The lowest BCUT2D eigenvalue weighted by Gasteiger charge is -2.47. The maximum atomic E-state index is 14.4. The molecule has 44 heavy (non-hydrogen) atoms. The molecule has 2 aliphatic carbocycles. The van der Waals surface area contributed by atoms with Crippen molar-refractivity contribution in [2.45, 2.75) is 62.8 Å². The van der Waals surface area contributed by atoms with Gasteiger partial charge in [0.1, 0.15) is 10.7 Å². The van der Waals surface area contributed by atoms with E-state index < -0.39 is 50.2 Å². The van der Waals surface area contributed by atoms with Crippen LogP contribution in [0.2, 0.25) is 0 Å². The topological polar surface area (TPSA) is 116 Å². The van der Waals surface area contributed by atoms with Gasteiger partial charge in [-0.25, -0.2) is 22.5 Å². The quantitative estimate of drug-likeness (QED) is 0.203. The highest BCUT2D eigenvalue weighted by molar-refractivity contribution is 7.89. The van der Waals surface area contributed by atoms with E-state index in [-0.39, 0.29) is 34.2 Å². The fraction of sp³-hybridized carbons (Fsp3) is 0.393. The number of carbonyl (C=O) groups excluding carboxylic acids is 1. The molecule has 0 unspecified atom stereocenters. The molecule has 6 rings (SSSR count). The Kier molecular flexibility index (Phi) is 7.36. The number of hydrogen-bond acceptors (Lipinski definition) is 8. The number of thiazole rings is 1. The molecule has 1 fully saturated rings. The lowest BCUT2D eigenvalue weighted by molar-refractivity contribution is -0.134. The molecule has 3 heterocycles. The van der Waals surface area contributed by atoms with E-state index in [1.54, 1.807) is 42.9 Å². The van der Waals surface area contributed by atoms with Crippen LogP contribution in [0.25, 0.3) is 11.8 Å². The molecule has 2 atom stereocenters. The zero-order chi connectivity index (χ0) is 31.6. The Morgan fingerprint density at radius 1 is 1.14 bits per heavy atom. The molecule has 0 N–H and O–H groups in total. The molecule has 4 aromatic rings. The predicted octanol–water partition coefficient (Wildman–Crippen LogP) is 5.08. The van der Waals surface area contributed by atoms with Gasteiger partial charge in [-0.15, -0.1) is 16.4 Å². The van der Waals surface area contributed by atoms with Gasteiger partial charge < -0.3 is 0 Å². The van der Waals surface area contributed by atoms with Crippen molar-refractivity contribution < 1.29 is 30.8 Å². The molecule has 0 spiro atoms. The van der Waals surface area contributed by atoms with Crippen molar-refractivity contribution in [1.82, 2.24) is 34.1 Å². The minimum atomic E-state index is -4.67. The third-order valence-corrected chi connectivity index (χ3v) is 11.1. The minimum Gasteiger partial charge on any atom is -0.290 e. The molecule has 0 saturated heterocycles. The van der Waals surface area contributed by atoms with Crippen molar-refractivity contribution in [3.63, 3.8) is 0 Å². The largest absolute Gasteiger partial charge is 0.427 e. The summed E-state index contributed by atoms with van der Waals surface area (Å²) in [5, 5.41) is 11.8. The fourth-order valence-electron chi connectivity index (χ4n) is 6.25. The number of rotatable bonds is 7. The van der Waals surface area contributed by atoms with Crippen molar-refractivity contribution in [3.05, 3.63) is 75.4 Å². The van der Waals surface area contributed by atoms with Gasteiger partial charge in [0.15, 0.2) is 5.01 Å². The van der Waals surface area contributed by atoms with E-state index in [9.17, 15) is 30.8 Å². The van der Waals surface area contributed by atoms with Crippen LogP contribution in [0.4, 0.5) is 17.6 Å². The molecule has 3 aromatic heterocycles. The summed E-state index contributed by atoms with van der Waals surface area (Å²) in [7, 11) is -2.65. The number of Topliss-reactive ketones (excluding diaryl/α,β-unsaturated/α-hetero) is 1. The molecule has 10 nitrogen and oxygen atoms in total. The zero-order valence-corrected chi connectivity index (χ0v) is 25.4. The van der Waals surface area contributed by atoms with Crippen LogP contribution in [-0.2, 0) is 29.7 Å². The molecule has 0 amide bonds. The summed E-state index contributed by atoms with van der Waals surface area (Å²) in [5.74, 6) is -1.02. The average Bonchev–Trinajstić information content (AvgIpc) is 3.71. The first kappa shape index (κ1) is 30.3. The summed E-state index contributed by atoms with van der Waals surface area (Å²) >= 11 is 0.276. The van der Waals surface area contributed by atoms with Gasteiger partial charge in [0.2, 0.25) is 10.8 Å². The Bertz CT molecular complexity index is 1880. The number of hydrogen-bond donors (Lipinski definition) is 0. The van der Waals surface area contributed by atoms with Crippen LogP contribution < -0.4 is 0 Å². The van der Waals surface area contributed by atoms with Crippen LogP contribution in [0, 0.1) is 11.2 Å². The van der Waals surface area contributed by atoms with E-state index in [0.29, 0.717) is 41.6 Å². The highest BCUT2D eigenvalue weighted by atomic mass is 32.2. The van der Waals surface area contributed by atoms with Gasteiger partial charge in [-0.3, -0.25) is 4.79 Å². The Hall–Kier alpha value is -3.76. The normalized spacial score (nSPS) is 20.5. The highest BCUT2D eigenvalue weighted by Crippen LogP contribution is 2.52. The standard InChI is InChI=1S/C28H27F4N7O3S2/c1-16(2)39(44(41,42)24-15-34-37(3)36-24)21-7-4-18-10-22-17(13-35-38(22)20-8-5-19(29)6-9-20)11-27(18,12-21)25(40)26-33-14-23(43-26)28(30,31)32/h5-6,8-10,13-16,21H,4,7,11-12H2,1-3H3/t21-,27-/m0/s1. The Morgan fingerprint density at radius 2 is 1.86 bits per heavy atom. The van der Waals surface area contributed by atoms with Crippen molar-refractivity contribution in [2.75, 3.05) is 0 Å². The smallest absolute Gasteiger partial charge is 0.290 e. The minimum absolute atomic E-state index is 0.0113. The number of nitrogens with zero attached hydrogens (tertiary/aromatic N) is 7. The molecule has 2 aliphatic rings. The number of fused-ring (bicyclic) bond motifs is 2. The van der Waals surface area contributed by atoms with Crippen molar-refractivity contribution in [2.24, 2.45) is 12.5 Å². The Morgan fingerprint density at radius 3 is 2.48 bits per heavy atom. The predicted molar refractivity (Wildman–Crippen MR) is 152 cm³/mol. The third-order valence-electron chi connectivity index (χ3n) is 8.11. The number of alkyl halides is 3. The van der Waals surface area contributed by atoms with E-state index in [2.05, 4.69) is 20.3 Å². The number of benzene rings is 1. The van der Waals surface area contributed by atoms with Gasteiger partial charge >= 0.3 is 6.18 Å². The first-order valence-corrected chi connectivity index (χ1v) is 16.0. The van der Waals surface area contributed by atoms with Crippen molar-refractivity contribution >= 4 is 33.2 Å². The van der Waals surface area contributed by atoms with Crippen molar-refractivity contribution in [1.29, 1.82) is 0 Å². The molecular formula is C28H27F4N7O3S2. The van der Waals surface area contributed by atoms with Crippen LogP contribution >= 0.6 is 11.3 Å². The molecule has 232 valence electrons. The average molecular weight is 650 g/mol. The summed E-state index contributed by atoms with van der Waals surface area (Å²) < 4.78 is 84.7. The van der Waals surface area contributed by atoms with Crippen LogP contribution in [0.5, 0.6) is 0 Å². The molecule has 0 bridgehead atoms. The number of aromatic nitrogens is 6. The zero-order valence-electron chi connectivity index (χ0n) is 23.8. The first-order chi connectivity index (χ1) is 20.7. The van der Waals surface area contributed by atoms with Crippen LogP contribution in [0.1, 0.15) is 59.0 Å². The van der Waals surface area contributed by atoms with Crippen molar-refractivity contribution in [3.8, 4) is 5.69 Å². The van der Waals surface area contributed by atoms with Gasteiger partial charge in [0.05, 0.1) is 35.4 Å². The van der Waals surface area contributed by atoms with Gasteiger partial charge in [-0.05, 0) is 75.4 Å². The lowest BCUT2D eigenvalue weighted by atomic mass is 9.61. The van der Waals surface area contributed by atoms with E-state index in [1.165, 1.54) is 23.5 Å². The van der Waals surface area contributed by atoms with Crippen LogP contribution in [-0.4, -0.2) is 60.3 Å². The second kappa shape index (κ2) is 10.7. The number of carbonyl (C=O) groups is 1. The van der Waals surface area contributed by atoms with Gasteiger partial charge in [0.25, 0.3) is 10.0 Å². The highest BCUT2D eigenvalue weighted by Gasteiger charge is 2.53. The fourth-order valence-corrected chi connectivity index (χ4v) is 8.82. The first-order valence-electron chi connectivity index (χ1n) is 13.7. The monoisotopic (exact) mass is 649 g/mol. The SMILES string of the molecule is CC(C)N([C@H]1CCC2=Cc3c(cnn3-c3ccc(F)cc3)C[C@]2(C(=O)c2ncc(C(F)(F)F)s2)C1)S(=O)(=O)c1cnn(C)n1. The summed E-state index contributed by atoms with van der Waals surface area (Å²) in [5.41, 5.74) is 1.18. The number of aryl methyl sites for hydroxylation is 1. The van der Waals surface area contributed by atoms with E-state index >= 15 is 0 Å². The summed E-state index contributed by atoms with van der Waals surface area (Å²) in [6.07, 6.45) is 1.24. The second-order valence-electron chi connectivity index (χ2n) is 11.2. The molecule has 1 saturated carbocycles. The maximum Gasteiger partial charge on any atom is 0.427 e. The van der Waals surface area contributed by atoms with E-state index in [4.69, 9.17) is 0 Å². The molecular weight excluding hydrogens is 622 g/mol. The van der Waals surface area contributed by atoms with Crippen LogP contribution in [0.3, 0.4) is 0 Å². The van der Waals surface area contributed by atoms with Gasteiger partial charge in [-0.1, -0.05) is 5.57 Å². The van der Waals surface area contributed by atoms with E-state index in [1.807, 2.05) is 0 Å². The maximum absolute atomic E-state index is 14.4. The van der Waals surface area contributed by atoms with Crippen LogP contribution in [0.15, 0.2) is 53.5 Å². The lowest BCUT2D eigenvalue weighted by Crippen LogP contribution is -2.52.